The SMILES string of the molecule is CC1CN(C(=O)Cn2cccnc2=O)CC(CO)O1. The van der Waals surface area contributed by atoms with E-state index in [0.717, 1.165) is 0 Å². The van der Waals surface area contributed by atoms with Gasteiger partial charge in [0.05, 0.1) is 18.8 Å². The minimum atomic E-state index is -0.448. The molecule has 0 aliphatic carbocycles. The Bertz CT molecular complexity index is 502. The second-order valence-corrected chi connectivity index (χ2v) is 4.58. The Morgan fingerprint density at radius 3 is 3.05 bits per heavy atom. The zero-order chi connectivity index (χ0) is 13.8. The molecule has 1 N–H and O–H groups in total. The number of amides is 1. The standard InChI is InChI=1S/C12H17N3O4/c1-9-5-15(6-10(8-16)19-9)11(17)7-14-4-2-3-13-12(14)18/h2-4,9-10,16H,5-8H2,1H3. The molecule has 1 aromatic heterocycles. The van der Waals surface area contributed by atoms with Gasteiger partial charge in [-0.25, -0.2) is 9.78 Å². The molecular formula is C12H17N3O4. The molecule has 7 heteroatoms. The summed E-state index contributed by atoms with van der Waals surface area (Å²) in [5, 5.41) is 9.11. The van der Waals surface area contributed by atoms with Crippen molar-refractivity contribution in [3.8, 4) is 0 Å². The third kappa shape index (κ3) is 3.39. The van der Waals surface area contributed by atoms with Crippen LogP contribution in [0.4, 0.5) is 0 Å². The summed E-state index contributed by atoms with van der Waals surface area (Å²) in [5.41, 5.74) is -0.448. The van der Waals surface area contributed by atoms with Crippen LogP contribution in [0.5, 0.6) is 0 Å². The van der Waals surface area contributed by atoms with Crippen LogP contribution in [0, 0.1) is 0 Å². The first kappa shape index (κ1) is 13.7. The lowest BCUT2D eigenvalue weighted by Crippen LogP contribution is -2.51. The lowest BCUT2D eigenvalue weighted by atomic mass is 10.2. The van der Waals surface area contributed by atoms with Crippen LogP contribution in [0.3, 0.4) is 0 Å². The average Bonchev–Trinajstić information content (AvgIpc) is 2.40. The predicted octanol–water partition coefficient (Wildman–Crippen LogP) is -1.15. The monoisotopic (exact) mass is 267 g/mol. The van der Waals surface area contributed by atoms with Gasteiger partial charge < -0.3 is 14.7 Å². The van der Waals surface area contributed by atoms with Crippen molar-refractivity contribution in [2.45, 2.75) is 25.7 Å². The Morgan fingerprint density at radius 2 is 2.37 bits per heavy atom. The molecule has 1 amide bonds. The largest absolute Gasteiger partial charge is 0.394 e. The van der Waals surface area contributed by atoms with Gasteiger partial charge in [-0.05, 0) is 13.0 Å². The highest BCUT2D eigenvalue weighted by molar-refractivity contribution is 5.76. The Hall–Kier alpha value is -1.73. The Kier molecular flexibility index (Phi) is 4.28. The fourth-order valence-corrected chi connectivity index (χ4v) is 2.10. The van der Waals surface area contributed by atoms with Crippen LogP contribution in [0.1, 0.15) is 6.92 Å². The molecular weight excluding hydrogens is 250 g/mol. The fourth-order valence-electron chi connectivity index (χ4n) is 2.10. The Labute approximate surface area is 110 Å². The Morgan fingerprint density at radius 1 is 1.58 bits per heavy atom. The smallest absolute Gasteiger partial charge is 0.347 e. The van der Waals surface area contributed by atoms with E-state index < -0.39 is 5.69 Å². The second-order valence-electron chi connectivity index (χ2n) is 4.58. The van der Waals surface area contributed by atoms with E-state index in [1.807, 2.05) is 6.92 Å². The topological polar surface area (TPSA) is 84.7 Å². The Balaban J connectivity index is 2.03. The van der Waals surface area contributed by atoms with Crippen LogP contribution in [-0.4, -0.2) is 57.4 Å². The molecule has 1 fully saturated rings. The average molecular weight is 267 g/mol. The van der Waals surface area contributed by atoms with Crippen molar-refractivity contribution in [1.82, 2.24) is 14.5 Å². The number of aliphatic hydroxyl groups is 1. The van der Waals surface area contributed by atoms with Crippen molar-refractivity contribution in [2.75, 3.05) is 19.7 Å². The van der Waals surface area contributed by atoms with Crippen molar-refractivity contribution in [3.05, 3.63) is 28.9 Å². The molecule has 2 atom stereocenters. The number of morpholine rings is 1. The number of aromatic nitrogens is 2. The van der Waals surface area contributed by atoms with Gasteiger partial charge in [-0.15, -0.1) is 0 Å². The fraction of sp³-hybridized carbons (Fsp3) is 0.583. The molecule has 0 radical (unpaired) electrons. The van der Waals surface area contributed by atoms with Crippen LogP contribution < -0.4 is 5.69 Å². The zero-order valence-electron chi connectivity index (χ0n) is 10.7. The highest BCUT2D eigenvalue weighted by Crippen LogP contribution is 2.11. The van der Waals surface area contributed by atoms with E-state index in [1.165, 1.54) is 17.0 Å². The maximum atomic E-state index is 12.1. The number of rotatable bonds is 3. The molecule has 19 heavy (non-hydrogen) atoms. The van der Waals surface area contributed by atoms with Crippen LogP contribution in [-0.2, 0) is 16.1 Å². The third-order valence-electron chi connectivity index (χ3n) is 2.97. The zero-order valence-corrected chi connectivity index (χ0v) is 10.7. The van der Waals surface area contributed by atoms with Gasteiger partial charge in [-0.2, -0.15) is 0 Å². The first-order chi connectivity index (χ1) is 9.10. The van der Waals surface area contributed by atoms with E-state index in [1.54, 1.807) is 11.0 Å². The van der Waals surface area contributed by atoms with Crippen LogP contribution >= 0.6 is 0 Å². The summed E-state index contributed by atoms with van der Waals surface area (Å²) in [4.78, 5) is 28.8. The molecule has 1 aliphatic rings. The highest BCUT2D eigenvalue weighted by Gasteiger charge is 2.27. The van der Waals surface area contributed by atoms with Gasteiger partial charge in [0, 0.05) is 25.5 Å². The van der Waals surface area contributed by atoms with Crippen molar-refractivity contribution in [2.24, 2.45) is 0 Å². The minimum absolute atomic E-state index is 0.0441. The summed E-state index contributed by atoms with van der Waals surface area (Å²) >= 11 is 0. The molecule has 1 saturated heterocycles. The van der Waals surface area contributed by atoms with Gasteiger partial charge >= 0.3 is 5.69 Å². The molecule has 0 spiro atoms. The molecule has 0 saturated carbocycles. The number of hydrogen-bond acceptors (Lipinski definition) is 5. The van der Waals surface area contributed by atoms with E-state index in [9.17, 15) is 9.59 Å². The first-order valence-corrected chi connectivity index (χ1v) is 6.15. The van der Waals surface area contributed by atoms with Gasteiger partial charge in [0.1, 0.15) is 6.54 Å². The minimum Gasteiger partial charge on any atom is -0.394 e. The normalized spacial score (nSPS) is 23.4. The molecule has 2 heterocycles. The summed E-state index contributed by atoms with van der Waals surface area (Å²) in [6, 6.07) is 1.60. The van der Waals surface area contributed by atoms with E-state index in [2.05, 4.69) is 4.98 Å². The molecule has 0 bridgehead atoms. The molecule has 1 aliphatic heterocycles. The number of aliphatic hydroxyl groups excluding tert-OH is 1. The number of carbonyl (C=O) groups excluding carboxylic acids is 1. The lowest BCUT2D eigenvalue weighted by Gasteiger charge is -2.36. The number of nitrogens with zero attached hydrogens (tertiary/aromatic N) is 3. The van der Waals surface area contributed by atoms with Gasteiger partial charge in [0.2, 0.25) is 5.91 Å². The van der Waals surface area contributed by atoms with Crippen molar-refractivity contribution < 1.29 is 14.6 Å². The molecule has 7 nitrogen and oxygen atoms in total. The third-order valence-corrected chi connectivity index (χ3v) is 2.97. The molecule has 104 valence electrons. The van der Waals surface area contributed by atoms with Gasteiger partial charge in [-0.1, -0.05) is 0 Å². The summed E-state index contributed by atoms with van der Waals surface area (Å²) < 4.78 is 6.73. The van der Waals surface area contributed by atoms with E-state index in [4.69, 9.17) is 9.84 Å². The van der Waals surface area contributed by atoms with E-state index >= 15 is 0 Å². The van der Waals surface area contributed by atoms with Gasteiger partial charge in [0.25, 0.3) is 0 Å². The predicted molar refractivity (Wildman–Crippen MR) is 66.5 cm³/mol. The molecule has 1 aromatic rings. The maximum absolute atomic E-state index is 12.1. The quantitative estimate of drug-likeness (QED) is 0.747. The van der Waals surface area contributed by atoms with Crippen LogP contribution in [0.15, 0.2) is 23.3 Å². The summed E-state index contributed by atoms with van der Waals surface area (Å²) in [7, 11) is 0. The second kappa shape index (κ2) is 5.94. The summed E-state index contributed by atoms with van der Waals surface area (Å²) in [6.45, 7) is 2.48. The van der Waals surface area contributed by atoms with Gasteiger partial charge in [0.15, 0.2) is 0 Å². The van der Waals surface area contributed by atoms with Crippen LogP contribution in [0.25, 0.3) is 0 Å². The highest BCUT2D eigenvalue weighted by atomic mass is 16.5. The first-order valence-electron chi connectivity index (χ1n) is 6.15. The molecule has 0 aromatic carbocycles. The lowest BCUT2D eigenvalue weighted by molar-refractivity contribution is -0.147. The number of hydrogen-bond donors (Lipinski definition) is 1. The van der Waals surface area contributed by atoms with Crippen molar-refractivity contribution >= 4 is 5.91 Å². The molecule has 2 rings (SSSR count). The summed E-state index contributed by atoms with van der Waals surface area (Å²) in [5.74, 6) is -0.177. The van der Waals surface area contributed by atoms with Crippen molar-refractivity contribution in [1.29, 1.82) is 0 Å². The van der Waals surface area contributed by atoms with Gasteiger partial charge in [-0.3, -0.25) is 9.36 Å². The summed E-state index contributed by atoms with van der Waals surface area (Å²) in [6.07, 6.45) is 2.43. The maximum Gasteiger partial charge on any atom is 0.347 e. The number of ether oxygens (including phenoxy) is 1. The number of carbonyl (C=O) groups is 1. The van der Waals surface area contributed by atoms with E-state index in [-0.39, 0.29) is 31.3 Å². The van der Waals surface area contributed by atoms with Crippen molar-refractivity contribution in [3.63, 3.8) is 0 Å². The molecule has 2 unspecified atom stereocenters. The van der Waals surface area contributed by atoms with E-state index in [0.29, 0.717) is 13.1 Å². The van der Waals surface area contributed by atoms with Crippen LogP contribution in [0.2, 0.25) is 0 Å².